The van der Waals surface area contributed by atoms with E-state index < -0.39 is 0 Å². The molecule has 3 heteroatoms. The normalized spacial score (nSPS) is 15.2. The molecule has 2 nitrogen and oxygen atoms in total. The van der Waals surface area contributed by atoms with Gasteiger partial charge in [-0.2, -0.15) is 0 Å². The molecule has 1 unspecified atom stereocenters. The molecule has 1 amide bonds. The fraction of sp³-hybridized carbons (Fsp3) is 0.500. The smallest absolute Gasteiger partial charge is 0.223 e. The fourth-order valence-corrected chi connectivity index (χ4v) is 2.08. The van der Waals surface area contributed by atoms with Crippen molar-refractivity contribution in [3.63, 3.8) is 0 Å². The van der Waals surface area contributed by atoms with Gasteiger partial charge in [0.15, 0.2) is 0 Å². The van der Waals surface area contributed by atoms with E-state index in [-0.39, 0.29) is 11.3 Å². The van der Waals surface area contributed by atoms with E-state index in [0.29, 0.717) is 0 Å². The molecular formula is C10H15NOS. The van der Waals surface area contributed by atoms with Crippen molar-refractivity contribution >= 4 is 17.2 Å². The molecule has 0 bridgehead atoms. The molecule has 0 saturated heterocycles. The topological polar surface area (TPSA) is 43.1 Å². The molecule has 0 aliphatic heterocycles. The van der Waals surface area contributed by atoms with Crippen LogP contribution in [0.15, 0.2) is 17.5 Å². The molecule has 0 aliphatic carbocycles. The summed E-state index contributed by atoms with van der Waals surface area (Å²) in [7, 11) is 0. The predicted molar refractivity (Wildman–Crippen MR) is 55.6 cm³/mol. The predicted octanol–water partition coefficient (Wildman–Crippen LogP) is 2.19. The number of amides is 1. The molecule has 0 aromatic carbocycles. The second-order valence-electron chi connectivity index (χ2n) is 3.53. The number of thiophene rings is 1. The van der Waals surface area contributed by atoms with E-state index in [1.807, 2.05) is 31.4 Å². The second kappa shape index (κ2) is 3.92. The van der Waals surface area contributed by atoms with Gasteiger partial charge < -0.3 is 5.73 Å². The molecule has 1 heterocycles. The molecule has 1 aromatic heterocycles. The summed E-state index contributed by atoms with van der Waals surface area (Å²) in [6, 6.07) is 4.04. The molecule has 0 fully saturated rings. The van der Waals surface area contributed by atoms with Gasteiger partial charge in [-0.05, 0) is 24.3 Å². The van der Waals surface area contributed by atoms with Crippen LogP contribution in [0.1, 0.15) is 25.1 Å². The van der Waals surface area contributed by atoms with Gasteiger partial charge in [0, 0.05) is 4.88 Å². The lowest BCUT2D eigenvalue weighted by atomic mass is 9.83. The first-order valence-corrected chi connectivity index (χ1v) is 5.29. The maximum atomic E-state index is 11.2. The summed E-state index contributed by atoms with van der Waals surface area (Å²) < 4.78 is 0. The molecule has 0 spiro atoms. The molecule has 0 aliphatic rings. The molecule has 0 radical (unpaired) electrons. The van der Waals surface area contributed by atoms with Gasteiger partial charge in [-0.25, -0.2) is 0 Å². The Labute approximate surface area is 82.8 Å². The van der Waals surface area contributed by atoms with Crippen LogP contribution in [0.25, 0.3) is 0 Å². The molecule has 72 valence electrons. The van der Waals surface area contributed by atoms with Crippen molar-refractivity contribution in [2.45, 2.75) is 26.7 Å². The maximum absolute atomic E-state index is 11.2. The van der Waals surface area contributed by atoms with Gasteiger partial charge in [-0.3, -0.25) is 4.79 Å². The van der Waals surface area contributed by atoms with Gasteiger partial charge in [0.25, 0.3) is 0 Å². The Morgan fingerprint density at radius 3 is 2.77 bits per heavy atom. The van der Waals surface area contributed by atoms with Gasteiger partial charge in [-0.15, -0.1) is 11.3 Å². The van der Waals surface area contributed by atoms with Crippen LogP contribution in [0.3, 0.4) is 0 Å². The van der Waals surface area contributed by atoms with Gasteiger partial charge in [0.05, 0.1) is 5.41 Å². The highest BCUT2D eigenvalue weighted by Gasteiger charge is 2.29. The first-order chi connectivity index (χ1) is 6.08. The molecule has 2 N–H and O–H groups in total. The van der Waals surface area contributed by atoms with E-state index in [1.54, 1.807) is 11.3 Å². The van der Waals surface area contributed by atoms with Gasteiger partial charge >= 0.3 is 0 Å². The number of primary amides is 1. The van der Waals surface area contributed by atoms with Crippen LogP contribution in [0, 0.1) is 5.41 Å². The molecule has 0 saturated carbocycles. The van der Waals surface area contributed by atoms with Gasteiger partial charge in [-0.1, -0.05) is 19.9 Å². The number of rotatable bonds is 4. The van der Waals surface area contributed by atoms with E-state index in [1.165, 1.54) is 4.88 Å². The lowest BCUT2D eigenvalue weighted by Gasteiger charge is -2.23. The van der Waals surface area contributed by atoms with Gasteiger partial charge in [0.1, 0.15) is 0 Å². The Bertz CT molecular complexity index is 281. The average Bonchev–Trinajstić information content (AvgIpc) is 2.56. The zero-order valence-electron chi connectivity index (χ0n) is 8.04. The Morgan fingerprint density at radius 2 is 2.38 bits per heavy atom. The molecule has 1 aromatic rings. The van der Waals surface area contributed by atoms with Crippen molar-refractivity contribution in [2.75, 3.05) is 0 Å². The summed E-state index contributed by atoms with van der Waals surface area (Å²) in [5, 5.41) is 2.02. The van der Waals surface area contributed by atoms with Gasteiger partial charge in [0.2, 0.25) is 5.91 Å². The highest BCUT2D eigenvalue weighted by Crippen LogP contribution is 2.27. The van der Waals surface area contributed by atoms with Crippen LogP contribution < -0.4 is 5.73 Å². The Kier molecular flexibility index (Phi) is 3.09. The van der Waals surface area contributed by atoms with E-state index in [2.05, 4.69) is 0 Å². The Balaban J connectivity index is 2.75. The first-order valence-electron chi connectivity index (χ1n) is 4.41. The third-order valence-electron chi connectivity index (χ3n) is 2.52. The van der Waals surface area contributed by atoms with Crippen molar-refractivity contribution in [2.24, 2.45) is 11.1 Å². The average molecular weight is 197 g/mol. The second-order valence-corrected chi connectivity index (χ2v) is 4.57. The number of carbonyl (C=O) groups excluding carboxylic acids is 1. The Morgan fingerprint density at radius 1 is 1.69 bits per heavy atom. The standard InChI is InChI=1S/C10H15NOS/c1-3-10(2,9(11)12)7-8-5-4-6-13-8/h4-6H,3,7H2,1-2H3,(H2,11,12). The van der Waals surface area contributed by atoms with Crippen LogP contribution in [0.5, 0.6) is 0 Å². The fourth-order valence-electron chi connectivity index (χ4n) is 1.18. The summed E-state index contributed by atoms with van der Waals surface area (Å²) >= 11 is 1.67. The molecule has 1 rings (SSSR count). The van der Waals surface area contributed by atoms with E-state index in [9.17, 15) is 4.79 Å². The SMILES string of the molecule is CCC(C)(Cc1cccs1)C(N)=O. The third kappa shape index (κ3) is 2.31. The van der Waals surface area contributed by atoms with Crippen molar-refractivity contribution in [1.82, 2.24) is 0 Å². The zero-order chi connectivity index (χ0) is 9.90. The minimum atomic E-state index is -0.384. The highest BCUT2D eigenvalue weighted by atomic mass is 32.1. The van der Waals surface area contributed by atoms with Crippen LogP contribution in [0.2, 0.25) is 0 Å². The highest BCUT2D eigenvalue weighted by molar-refractivity contribution is 7.09. The summed E-state index contributed by atoms with van der Waals surface area (Å²) in [5.41, 5.74) is 4.98. The van der Waals surface area contributed by atoms with E-state index >= 15 is 0 Å². The monoisotopic (exact) mass is 197 g/mol. The Hall–Kier alpha value is -0.830. The van der Waals surface area contributed by atoms with Crippen molar-refractivity contribution in [3.8, 4) is 0 Å². The number of hydrogen-bond donors (Lipinski definition) is 1. The lowest BCUT2D eigenvalue weighted by molar-refractivity contribution is -0.126. The summed E-state index contributed by atoms with van der Waals surface area (Å²) in [6.07, 6.45) is 1.55. The van der Waals surface area contributed by atoms with Crippen LogP contribution in [-0.2, 0) is 11.2 Å². The summed E-state index contributed by atoms with van der Waals surface area (Å²) in [6.45, 7) is 3.92. The van der Waals surface area contributed by atoms with E-state index in [4.69, 9.17) is 5.73 Å². The molecule has 1 atom stereocenters. The van der Waals surface area contributed by atoms with Crippen molar-refractivity contribution < 1.29 is 4.79 Å². The lowest BCUT2D eigenvalue weighted by Crippen LogP contribution is -2.35. The van der Waals surface area contributed by atoms with Crippen molar-refractivity contribution in [1.29, 1.82) is 0 Å². The van der Waals surface area contributed by atoms with E-state index in [0.717, 1.165) is 12.8 Å². The van der Waals surface area contributed by atoms with Crippen LogP contribution in [-0.4, -0.2) is 5.91 Å². The molecule has 13 heavy (non-hydrogen) atoms. The maximum Gasteiger partial charge on any atom is 0.223 e. The summed E-state index contributed by atoms with van der Waals surface area (Å²) in [5.74, 6) is -0.205. The van der Waals surface area contributed by atoms with Crippen LogP contribution >= 0.6 is 11.3 Å². The summed E-state index contributed by atoms with van der Waals surface area (Å²) in [4.78, 5) is 12.4. The minimum absolute atomic E-state index is 0.205. The van der Waals surface area contributed by atoms with Crippen LogP contribution in [0.4, 0.5) is 0 Å². The zero-order valence-corrected chi connectivity index (χ0v) is 8.86. The first kappa shape index (κ1) is 10.3. The largest absolute Gasteiger partial charge is 0.369 e. The quantitative estimate of drug-likeness (QED) is 0.790. The molecular weight excluding hydrogens is 182 g/mol. The van der Waals surface area contributed by atoms with Crippen molar-refractivity contribution in [3.05, 3.63) is 22.4 Å². The minimum Gasteiger partial charge on any atom is -0.369 e. The third-order valence-corrected chi connectivity index (χ3v) is 3.40. The number of carbonyl (C=O) groups is 1. The number of nitrogens with two attached hydrogens (primary N) is 1. The number of hydrogen-bond acceptors (Lipinski definition) is 2.